The van der Waals surface area contributed by atoms with Crippen LogP contribution in [0.3, 0.4) is 0 Å². The van der Waals surface area contributed by atoms with E-state index < -0.39 is 15.9 Å². The average molecular weight is 272 g/mol. The number of anilines is 1. The van der Waals surface area contributed by atoms with Crippen LogP contribution >= 0.6 is 0 Å². The van der Waals surface area contributed by atoms with Gasteiger partial charge >= 0.3 is 0 Å². The molecule has 0 aliphatic carbocycles. The Hall–Kier alpha value is -1.67. The van der Waals surface area contributed by atoms with E-state index in [0.29, 0.717) is 6.54 Å². The van der Waals surface area contributed by atoms with E-state index in [2.05, 4.69) is 15.0 Å². The largest absolute Gasteiger partial charge is 0.384 e. The van der Waals surface area contributed by atoms with Gasteiger partial charge in [0.25, 0.3) is 5.91 Å². The molecule has 0 aromatic carbocycles. The molecule has 100 valence electrons. The van der Waals surface area contributed by atoms with Crippen molar-refractivity contribution in [2.24, 2.45) is 0 Å². The molecule has 1 rings (SSSR count). The molecule has 0 saturated heterocycles. The van der Waals surface area contributed by atoms with E-state index in [1.807, 2.05) is 0 Å². The molecule has 0 aliphatic rings. The normalized spacial score (nSPS) is 11.2. The maximum absolute atomic E-state index is 11.6. The molecule has 0 aliphatic heterocycles. The number of nitrogen functional groups attached to an aromatic ring is 1. The third-order valence-corrected chi connectivity index (χ3v) is 3.49. The van der Waals surface area contributed by atoms with E-state index in [9.17, 15) is 13.2 Å². The molecule has 0 saturated carbocycles. The second kappa shape index (κ2) is 6.31. The molecule has 8 heteroatoms. The Morgan fingerprint density at radius 2 is 2.17 bits per heavy atom. The summed E-state index contributed by atoms with van der Waals surface area (Å²) in [6.07, 6.45) is 0. The highest BCUT2D eigenvalue weighted by atomic mass is 32.2. The molecule has 1 amide bonds. The van der Waals surface area contributed by atoms with Crippen molar-refractivity contribution < 1.29 is 13.2 Å². The van der Waals surface area contributed by atoms with Crippen LogP contribution < -0.4 is 15.8 Å². The van der Waals surface area contributed by atoms with Gasteiger partial charge in [-0.05, 0) is 12.1 Å². The minimum atomic E-state index is -3.33. The SMILES string of the molecule is CCNS(=O)(=O)CCNC(=O)c1cccc(N)n1. The third kappa shape index (κ3) is 4.68. The van der Waals surface area contributed by atoms with Gasteiger partial charge in [0.2, 0.25) is 10.0 Å². The van der Waals surface area contributed by atoms with Gasteiger partial charge in [0.05, 0.1) is 5.75 Å². The van der Waals surface area contributed by atoms with Crippen LogP contribution in [0.25, 0.3) is 0 Å². The molecule has 18 heavy (non-hydrogen) atoms. The molecule has 7 nitrogen and oxygen atoms in total. The quantitative estimate of drug-likeness (QED) is 0.635. The predicted molar refractivity (Wildman–Crippen MR) is 68.4 cm³/mol. The lowest BCUT2D eigenvalue weighted by atomic mass is 10.3. The van der Waals surface area contributed by atoms with Crippen molar-refractivity contribution in [3.63, 3.8) is 0 Å². The number of amides is 1. The average Bonchev–Trinajstić information content (AvgIpc) is 2.28. The van der Waals surface area contributed by atoms with E-state index in [1.54, 1.807) is 19.1 Å². The van der Waals surface area contributed by atoms with E-state index in [4.69, 9.17) is 5.73 Å². The predicted octanol–water partition coefficient (Wildman–Crippen LogP) is -0.667. The number of carbonyl (C=O) groups is 1. The van der Waals surface area contributed by atoms with Gasteiger partial charge in [0.1, 0.15) is 11.5 Å². The van der Waals surface area contributed by atoms with Gasteiger partial charge in [0, 0.05) is 13.1 Å². The van der Waals surface area contributed by atoms with Gasteiger partial charge in [-0.25, -0.2) is 18.1 Å². The number of pyridine rings is 1. The Kier molecular flexibility index (Phi) is 5.05. The standard InChI is InChI=1S/C10H16N4O3S/c1-2-13-18(16,17)7-6-12-10(15)8-4-3-5-9(11)14-8/h3-5,13H,2,6-7H2,1H3,(H2,11,14)(H,12,15). The van der Waals surface area contributed by atoms with Gasteiger partial charge < -0.3 is 11.1 Å². The summed E-state index contributed by atoms with van der Waals surface area (Å²) < 4.78 is 24.9. The highest BCUT2D eigenvalue weighted by molar-refractivity contribution is 7.89. The molecule has 4 N–H and O–H groups in total. The molecular formula is C10H16N4O3S. The zero-order chi connectivity index (χ0) is 13.6. The van der Waals surface area contributed by atoms with E-state index in [0.717, 1.165) is 0 Å². The Labute approximate surface area is 106 Å². The minimum Gasteiger partial charge on any atom is -0.384 e. The summed E-state index contributed by atoms with van der Waals surface area (Å²) in [5.74, 6) is -0.383. The fourth-order valence-corrected chi connectivity index (χ4v) is 2.21. The van der Waals surface area contributed by atoms with Crippen LogP contribution in [-0.2, 0) is 10.0 Å². The number of hydrogen-bond donors (Lipinski definition) is 3. The van der Waals surface area contributed by atoms with Crippen LogP contribution in [0.2, 0.25) is 0 Å². The van der Waals surface area contributed by atoms with Crippen LogP contribution in [-0.4, -0.2) is 38.2 Å². The lowest BCUT2D eigenvalue weighted by Gasteiger charge is -2.06. The van der Waals surface area contributed by atoms with E-state index >= 15 is 0 Å². The fourth-order valence-electron chi connectivity index (χ4n) is 1.26. The summed E-state index contributed by atoms with van der Waals surface area (Å²) in [7, 11) is -3.33. The first-order chi connectivity index (χ1) is 8.44. The highest BCUT2D eigenvalue weighted by Gasteiger charge is 2.11. The summed E-state index contributed by atoms with van der Waals surface area (Å²) in [4.78, 5) is 15.4. The van der Waals surface area contributed by atoms with Crippen LogP contribution in [0.1, 0.15) is 17.4 Å². The van der Waals surface area contributed by atoms with Crippen LogP contribution in [0.4, 0.5) is 5.82 Å². The molecule has 0 atom stereocenters. The second-order valence-electron chi connectivity index (χ2n) is 3.52. The van der Waals surface area contributed by atoms with Crippen molar-refractivity contribution >= 4 is 21.7 Å². The van der Waals surface area contributed by atoms with Gasteiger partial charge in [-0.15, -0.1) is 0 Å². The highest BCUT2D eigenvalue weighted by Crippen LogP contribution is 1.99. The molecule has 0 spiro atoms. The summed E-state index contributed by atoms with van der Waals surface area (Å²) in [5.41, 5.74) is 5.60. The number of aromatic nitrogens is 1. The Bertz CT molecular complexity index is 516. The number of sulfonamides is 1. The molecule has 0 fully saturated rings. The number of rotatable bonds is 6. The second-order valence-corrected chi connectivity index (χ2v) is 5.45. The molecule has 0 bridgehead atoms. The minimum absolute atomic E-state index is 0.0185. The van der Waals surface area contributed by atoms with Crippen molar-refractivity contribution in [1.29, 1.82) is 0 Å². The topological polar surface area (TPSA) is 114 Å². The molecule has 1 aromatic heterocycles. The maximum atomic E-state index is 11.6. The summed E-state index contributed by atoms with van der Waals surface area (Å²) >= 11 is 0. The summed E-state index contributed by atoms with van der Waals surface area (Å²) in [5, 5.41) is 2.46. The first-order valence-corrected chi connectivity index (χ1v) is 7.08. The maximum Gasteiger partial charge on any atom is 0.269 e. The smallest absolute Gasteiger partial charge is 0.269 e. The molecule has 1 aromatic rings. The number of nitrogens with zero attached hydrogens (tertiary/aromatic N) is 1. The fraction of sp³-hybridized carbons (Fsp3) is 0.400. The molecule has 0 unspecified atom stereocenters. The zero-order valence-electron chi connectivity index (χ0n) is 10.0. The number of hydrogen-bond acceptors (Lipinski definition) is 5. The monoisotopic (exact) mass is 272 g/mol. The van der Waals surface area contributed by atoms with Crippen molar-refractivity contribution in [2.75, 3.05) is 24.6 Å². The van der Waals surface area contributed by atoms with Gasteiger partial charge in [0.15, 0.2) is 0 Å². The Morgan fingerprint density at radius 1 is 1.44 bits per heavy atom. The van der Waals surface area contributed by atoms with E-state index in [-0.39, 0.29) is 23.8 Å². The third-order valence-electron chi connectivity index (χ3n) is 2.02. The van der Waals surface area contributed by atoms with Gasteiger partial charge in [-0.2, -0.15) is 0 Å². The first kappa shape index (κ1) is 14.4. The van der Waals surface area contributed by atoms with Crippen molar-refractivity contribution in [3.05, 3.63) is 23.9 Å². The molecule has 0 radical (unpaired) electrons. The molecular weight excluding hydrogens is 256 g/mol. The number of nitrogens with two attached hydrogens (primary N) is 1. The van der Waals surface area contributed by atoms with Crippen LogP contribution in [0.15, 0.2) is 18.2 Å². The Morgan fingerprint density at radius 3 is 2.78 bits per heavy atom. The summed E-state index contributed by atoms with van der Waals surface area (Å²) in [6, 6.07) is 4.67. The molecule has 1 heterocycles. The van der Waals surface area contributed by atoms with Crippen LogP contribution in [0, 0.1) is 0 Å². The van der Waals surface area contributed by atoms with Crippen molar-refractivity contribution in [1.82, 2.24) is 15.0 Å². The van der Waals surface area contributed by atoms with Crippen LogP contribution in [0.5, 0.6) is 0 Å². The number of carbonyl (C=O) groups excluding carboxylic acids is 1. The first-order valence-electron chi connectivity index (χ1n) is 5.42. The van der Waals surface area contributed by atoms with E-state index in [1.165, 1.54) is 6.07 Å². The van der Waals surface area contributed by atoms with Crippen molar-refractivity contribution in [3.8, 4) is 0 Å². The number of nitrogens with one attached hydrogen (secondary N) is 2. The Balaban J connectivity index is 2.48. The van der Waals surface area contributed by atoms with Gasteiger partial charge in [-0.1, -0.05) is 13.0 Å². The lowest BCUT2D eigenvalue weighted by Crippen LogP contribution is -2.34. The lowest BCUT2D eigenvalue weighted by molar-refractivity contribution is 0.0951. The zero-order valence-corrected chi connectivity index (χ0v) is 10.8. The van der Waals surface area contributed by atoms with Gasteiger partial charge in [-0.3, -0.25) is 4.79 Å². The van der Waals surface area contributed by atoms with Crippen molar-refractivity contribution in [2.45, 2.75) is 6.92 Å². The summed E-state index contributed by atoms with van der Waals surface area (Å²) in [6.45, 7) is 2.03.